The molecule has 0 aromatic rings. The van der Waals surface area contributed by atoms with E-state index in [0.29, 0.717) is 33.0 Å². The molecule has 0 aliphatic heterocycles. The summed E-state index contributed by atoms with van der Waals surface area (Å²) in [6.45, 7) is 3.81. The Morgan fingerprint density at radius 1 is 1.38 bits per heavy atom. The SMILES string of the molecule is C#CCOCCOCCNC(C)=O. The van der Waals surface area contributed by atoms with E-state index in [0.717, 1.165) is 0 Å². The van der Waals surface area contributed by atoms with Crippen molar-refractivity contribution in [3.63, 3.8) is 0 Å². The van der Waals surface area contributed by atoms with Gasteiger partial charge in [0.15, 0.2) is 0 Å². The molecule has 1 amide bonds. The predicted molar refractivity (Wildman–Crippen MR) is 49.2 cm³/mol. The van der Waals surface area contributed by atoms with Gasteiger partial charge < -0.3 is 14.8 Å². The predicted octanol–water partition coefficient (Wildman–Crippen LogP) is -0.211. The number of rotatable bonds is 7. The molecule has 4 heteroatoms. The maximum Gasteiger partial charge on any atom is 0.216 e. The second-order valence-electron chi connectivity index (χ2n) is 2.35. The number of carbonyl (C=O) groups is 1. The van der Waals surface area contributed by atoms with Crippen LogP contribution in [0, 0.1) is 12.3 Å². The highest BCUT2D eigenvalue weighted by molar-refractivity contribution is 5.72. The van der Waals surface area contributed by atoms with Crippen LogP contribution in [0.1, 0.15) is 6.92 Å². The second kappa shape index (κ2) is 9.04. The summed E-state index contributed by atoms with van der Waals surface area (Å²) in [5.74, 6) is 2.30. The summed E-state index contributed by atoms with van der Waals surface area (Å²) in [4.78, 5) is 10.4. The van der Waals surface area contributed by atoms with Gasteiger partial charge in [-0.1, -0.05) is 5.92 Å². The summed E-state index contributed by atoms with van der Waals surface area (Å²) in [6, 6.07) is 0. The summed E-state index contributed by atoms with van der Waals surface area (Å²) in [7, 11) is 0. The molecule has 0 fully saturated rings. The van der Waals surface area contributed by atoms with Gasteiger partial charge in [0, 0.05) is 13.5 Å². The molecule has 0 spiro atoms. The van der Waals surface area contributed by atoms with E-state index in [2.05, 4.69) is 11.2 Å². The summed E-state index contributed by atoms with van der Waals surface area (Å²) in [5.41, 5.74) is 0. The maximum absolute atomic E-state index is 10.4. The van der Waals surface area contributed by atoms with Crippen LogP contribution in [0.25, 0.3) is 0 Å². The normalized spacial score (nSPS) is 9.23. The first kappa shape index (κ1) is 11.9. The number of carbonyl (C=O) groups excluding carboxylic acids is 1. The van der Waals surface area contributed by atoms with Gasteiger partial charge in [-0.3, -0.25) is 4.79 Å². The first-order valence-corrected chi connectivity index (χ1v) is 4.10. The van der Waals surface area contributed by atoms with Crippen molar-refractivity contribution >= 4 is 5.91 Å². The third kappa shape index (κ3) is 10.9. The molecule has 0 atom stereocenters. The van der Waals surface area contributed by atoms with Gasteiger partial charge in [-0.2, -0.15) is 0 Å². The van der Waals surface area contributed by atoms with Crippen LogP contribution < -0.4 is 5.32 Å². The minimum atomic E-state index is -0.0489. The summed E-state index contributed by atoms with van der Waals surface area (Å²) in [6.07, 6.45) is 4.96. The van der Waals surface area contributed by atoms with E-state index < -0.39 is 0 Å². The number of amides is 1. The van der Waals surface area contributed by atoms with Gasteiger partial charge in [0.1, 0.15) is 6.61 Å². The topological polar surface area (TPSA) is 47.6 Å². The van der Waals surface area contributed by atoms with Crippen molar-refractivity contribution in [1.29, 1.82) is 0 Å². The van der Waals surface area contributed by atoms with E-state index in [4.69, 9.17) is 15.9 Å². The lowest BCUT2D eigenvalue weighted by molar-refractivity contribution is -0.119. The van der Waals surface area contributed by atoms with Crippen molar-refractivity contribution in [2.45, 2.75) is 6.92 Å². The molecule has 74 valence electrons. The maximum atomic E-state index is 10.4. The van der Waals surface area contributed by atoms with Gasteiger partial charge in [0.05, 0.1) is 19.8 Å². The molecule has 0 unspecified atom stereocenters. The fourth-order valence-corrected chi connectivity index (χ4v) is 0.650. The molecule has 0 aliphatic carbocycles. The monoisotopic (exact) mass is 185 g/mol. The Balaban J connectivity index is 2.92. The van der Waals surface area contributed by atoms with Crippen molar-refractivity contribution in [1.82, 2.24) is 5.32 Å². The average Bonchev–Trinajstić information content (AvgIpc) is 2.09. The molecule has 13 heavy (non-hydrogen) atoms. The molecule has 1 N–H and O–H groups in total. The molecule has 0 saturated carbocycles. The van der Waals surface area contributed by atoms with Crippen LogP contribution >= 0.6 is 0 Å². The highest BCUT2D eigenvalue weighted by Gasteiger charge is 1.90. The molecule has 4 nitrogen and oxygen atoms in total. The Bertz CT molecular complexity index is 174. The average molecular weight is 185 g/mol. The number of ether oxygens (including phenoxy) is 2. The Hall–Kier alpha value is -1.05. The Morgan fingerprint density at radius 2 is 2.08 bits per heavy atom. The zero-order chi connectivity index (χ0) is 9.94. The van der Waals surface area contributed by atoms with Gasteiger partial charge in [-0.15, -0.1) is 6.42 Å². The third-order valence-electron chi connectivity index (χ3n) is 1.18. The highest BCUT2D eigenvalue weighted by Crippen LogP contribution is 1.77. The Kier molecular flexibility index (Phi) is 8.31. The Morgan fingerprint density at radius 3 is 2.69 bits per heavy atom. The third-order valence-corrected chi connectivity index (χ3v) is 1.18. The number of terminal acetylenes is 1. The lowest BCUT2D eigenvalue weighted by Crippen LogP contribution is -2.24. The smallest absolute Gasteiger partial charge is 0.216 e. The quantitative estimate of drug-likeness (QED) is 0.441. The van der Waals surface area contributed by atoms with Crippen molar-refractivity contribution in [2.24, 2.45) is 0 Å². The molecule has 0 rings (SSSR count). The minimum absolute atomic E-state index is 0.0489. The standard InChI is InChI=1S/C9H15NO3/c1-3-5-12-7-8-13-6-4-10-9(2)11/h1H,4-8H2,2H3,(H,10,11). The molecular formula is C9H15NO3. The van der Waals surface area contributed by atoms with Crippen LogP contribution in [0.5, 0.6) is 0 Å². The molecule has 0 bridgehead atoms. The lowest BCUT2D eigenvalue weighted by atomic mass is 10.6. The van der Waals surface area contributed by atoms with Gasteiger partial charge >= 0.3 is 0 Å². The van der Waals surface area contributed by atoms with Gasteiger partial charge in [0.25, 0.3) is 0 Å². The molecule has 0 aromatic carbocycles. The van der Waals surface area contributed by atoms with E-state index in [1.54, 1.807) is 0 Å². The van der Waals surface area contributed by atoms with Crippen molar-refractivity contribution in [3.8, 4) is 12.3 Å². The molecule has 0 radical (unpaired) electrons. The Labute approximate surface area is 78.6 Å². The number of hydrogen-bond donors (Lipinski definition) is 1. The fourth-order valence-electron chi connectivity index (χ4n) is 0.650. The molecule has 0 heterocycles. The summed E-state index contributed by atoms with van der Waals surface area (Å²) < 4.78 is 10.1. The van der Waals surface area contributed by atoms with Crippen molar-refractivity contribution in [2.75, 3.05) is 33.0 Å². The van der Waals surface area contributed by atoms with Crippen LogP contribution in [0.2, 0.25) is 0 Å². The van der Waals surface area contributed by atoms with E-state index >= 15 is 0 Å². The van der Waals surface area contributed by atoms with E-state index in [1.807, 2.05) is 0 Å². The van der Waals surface area contributed by atoms with Gasteiger partial charge in [-0.05, 0) is 0 Å². The summed E-state index contributed by atoms with van der Waals surface area (Å²) >= 11 is 0. The number of nitrogens with one attached hydrogen (secondary N) is 1. The first-order chi connectivity index (χ1) is 6.27. The zero-order valence-corrected chi connectivity index (χ0v) is 7.84. The van der Waals surface area contributed by atoms with Crippen molar-refractivity contribution in [3.05, 3.63) is 0 Å². The first-order valence-electron chi connectivity index (χ1n) is 4.10. The van der Waals surface area contributed by atoms with Gasteiger partial charge in [-0.25, -0.2) is 0 Å². The largest absolute Gasteiger partial charge is 0.377 e. The van der Waals surface area contributed by atoms with Gasteiger partial charge in [0.2, 0.25) is 5.91 Å². The zero-order valence-electron chi connectivity index (χ0n) is 7.84. The van der Waals surface area contributed by atoms with E-state index in [-0.39, 0.29) is 5.91 Å². The minimum Gasteiger partial charge on any atom is -0.377 e. The summed E-state index contributed by atoms with van der Waals surface area (Å²) in [5, 5.41) is 2.61. The molecule has 0 aliphatic rings. The van der Waals surface area contributed by atoms with Crippen LogP contribution in [-0.4, -0.2) is 38.9 Å². The second-order valence-corrected chi connectivity index (χ2v) is 2.35. The molecule has 0 saturated heterocycles. The van der Waals surface area contributed by atoms with Crippen LogP contribution in [-0.2, 0) is 14.3 Å². The molecular weight excluding hydrogens is 170 g/mol. The fraction of sp³-hybridized carbons (Fsp3) is 0.667. The van der Waals surface area contributed by atoms with Crippen molar-refractivity contribution < 1.29 is 14.3 Å². The lowest BCUT2D eigenvalue weighted by Gasteiger charge is -2.04. The van der Waals surface area contributed by atoms with Crippen LogP contribution in [0.15, 0.2) is 0 Å². The highest BCUT2D eigenvalue weighted by atomic mass is 16.5. The number of hydrogen-bond acceptors (Lipinski definition) is 3. The van der Waals surface area contributed by atoms with E-state index in [1.165, 1.54) is 6.92 Å². The molecule has 0 aromatic heterocycles. The van der Waals surface area contributed by atoms with E-state index in [9.17, 15) is 4.79 Å². The van der Waals surface area contributed by atoms with Crippen LogP contribution in [0.4, 0.5) is 0 Å². The van der Waals surface area contributed by atoms with Crippen LogP contribution in [0.3, 0.4) is 0 Å².